The minimum absolute atomic E-state index is 0.602. The third-order valence-corrected chi connectivity index (χ3v) is 4.17. The van der Waals surface area contributed by atoms with Gasteiger partial charge in [0.15, 0.2) is 0 Å². The Bertz CT molecular complexity index is 445. The highest BCUT2D eigenvalue weighted by atomic mass is 16.5. The molecule has 1 aromatic rings. The van der Waals surface area contributed by atoms with Crippen LogP contribution in [0.2, 0.25) is 0 Å². The molecule has 0 N–H and O–H groups in total. The summed E-state index contributed by atoms with van der Waals surface area (Å²) >= 11 is 0. The normalized spacial score (nSPS) is 21.3. The molecule has 1 saturated carbocycles. The zero-order chi connectivity index (χ0) is 13.9. The van der Waals surface area contributed by atoms with Gasteiger partial charge in [-0.25, -0.2) is 0 Å². The monoisotopic (exact) mass is 259 g/mol. The van der Waals surface area contributed by atoms with Crippen LogP contribution in [0.5, 0.6) is 5.75 Å². The van der Waals surface area contributed by atoms with Crippen LogP contribution in [0.15, 0.2) is 30.0 Å². The lowest BCUT2D eigenvalue weighted by atomic mass is 10.0. The van der Waals surface area contributed by atoms with Crippen molar-refractivity contribution in [2.24, 2.45) is 11.3 Å². The van der Waals surface area contributed by atoms with E-state index in [0.29, 0.717) is 12.0 Å². The molecule has 1 aliphatic rings. The van der Waals surface area contributed by atoms with Crippen LogP contribution in [0.1, 0.15) is 45.7 Å². The number of aromatic nitrogens is 1. The topological polar surface area (TPSA) is 22.1 Å². The third-order valence-electron chi connectivity index (χ3n) is 4.17. The van der Waals surface area contributed by atoms with Gasteiger partial charge in [0, 0.05) is 5.69 Å². The van der Waals surface area contributed by atoms with Gasteiger partial charge in [-0.3, -0.25) is 4.98 Å². The van der Waals surface area contributed by atoms with E-state index in [4.69, 9.17) is 4.74 Å². The summed E-state index contributed by atoms with van der Waals surface area (Å²) in [4.78, 5) is 4.21. The summed E-state index contributed by atoms with van der Waals surface area (Å²) in [6, 6.07) is 3.94. The standard InChI is InChI=1S/C17H25NO/c1-13(5-7-15-11-17(15,3)4)9-10-19-16-8-6-14(2)18-12-16/h6,8-9,12,15H,5,7,10-11H2,1-4H3/b13-9+. The highest BCUT2D eigenvalue weighted by molar-refractivity contribution is 5.19. The van der Waals surface area contributed by atoms with Gasteiger partial charge >= 0.3 is 0 Å². The van der Waals surface area contributed by atoms with Crippen molar-refractivity contribution in [3.05, 3.63) is 35.7 Å². The van der Waals surface area contributed by atoms with Crippen molar-refractivity contribution in [2.45, 2.75) is 47.0 Å². The molecule has 2 rings (SSSR count). The first-order chi connectivity index (χ1) is 8.97. The van der Waals surface area contributed by atoms with Crippen LogP contribution < -0.4 is 4.74 Å². The molecular formula is C17H25NO. The second kappa shape index (κ2) is 5.77. The lowest BCUT2D eigenvalue weighted by molar-refractivity contribution is 0.359. The number of allylic oxidation sites excluding steroid dienone is 1. The van der Waals surface area contributed by atoms with Crippen LogP contribution >= 0.6 is 0 Å². The number of pyridine rings is 1. The van der Waals surface area contributed by atoms with Crippen molar-refractivity contribution in [3.8, 4) is 5.75 Å². The molecule has 1 heterocycles. The molecule has 2 nitrogen and oxygen atoms in total. The van der Waals surface area contributed by atoms with Gasteiger partial charge in [0.25, 0.3) is 0 Å². The molecule has 104 valence electrons. The summed E-state index contributed by atoms with van der Waals surface area (Å²) in [7, 11) is 0. The average Bonchev–Trinajstić information content (AvgIpc) is 2.97. The van der Waals surface area contributed by atoms with Crippen molar-refractivity contribution < 1.29 is 4.74 Å². The van der Waals surface area contributed by atoms with E-state index < -0.39 is 0 Å². The molecule has 19 heavy (non-hydrogen) atoms. The van der Waals surface area contributed by atoms with Gasteiger partial charge in [-0.2, -0.15) is 0 Å². The summed E-state index contributed by atoms with van der Waals surface area (Å²) in [5, 5.41) is 0. The first-order valence-corrected chi connectivity index (χ1v) is 7.18. The van der Waals surface area contributed by atoms with E-state index in [1.165, 1.54) is 24.8 Å². The average molecular weight is 259 g/mol. The van der Waals surface area contributed by atoms with Crippen molar-refractivity contribution in [2.75, 3.05) is 6.61 Å². The van der Waals surface area contributed by atoms with E-state index in [1.54, 1.807) is 6.20 Å². The van der Waals surface area contributed by atoms with Crippen LogP contribution in [-0.4, -0.2) is 11.6 Å². The predicted octanol–water partition coefficient (Wildman–Crippen LogP) is 4.54. The molecular weight excluding hydrogens is 234 g/mol. The highest BCUT2D eigenvalue weighted by Crippen LogP contribution is 2.54. The van der Waals surface area contributed by atoms with Crippen molar-refractivity contribution >= 4 is 0 Å². The minimum Gasteiger partial charge on any atom is -0.488 e. The number of ether oxygens (including phenoxy) is 1. The molecule has 1 aromatic heterocycles. The Labute approximate surface area is 116 Å². The van der Waals surface area contributed by atoms with Gasteiger partial charge in [-0.05, 0) is 62.7 Å². The molecule has 1 fully saturated rings. The Morgan fingerprint density at radius 2 is 2.21 bits per heavy atom. The van der Waals surface area contributed by atoms with E-state index in [9.17, 15) is 0 Å². The Hall–Kier alpha value is -1.31. The first-order valence-electron chi connectivity index (χ1n) is 7.18. The van der Waals surface area contributed by atoms with Gasteiger partial charge in [-0.15, -0.1) is 0 Å². The van der Waals surface area contributed by atoms with Gasteiger partial charge in [-0.1, -0.05) is 19.4 Å². The van der Waals surface area contributed by atoms with Gasteiger partial charge in [0.05, 0.1) is 6.20 Å². The minimum atomic E-state index is 0.602. The van der Waals surface area contributed by atoms with E-state index >= 15 is 0 Å². The number of rotatable bonds is 6. The van der Waals surface area contributed by atoms with Gasteiger partial charge in [0.1, 0.15) is 12.4 Å². The van der Waals surface area contributed by atoms with Crippen molar-refractivity contribution in [1.29, 1.82) is 0 Å². The first kappa shape index (κ1) is 14.1. The maximum absolute atomic E-state index is 5.66. The smallest absolute Gasteiger partial charge is 0.138 e. The SMILES string of the molecule is C/C(=C\COc1ccc(C)nc1)CCC1CC1(C)C. The Balaban J connectivity index is 1.68. The van der Waals surface area contributed by atoms with E-state index in [2.05, 4.69) is 31.8 Å². The second-order valence-electron chi connectivity index (χ2n) is 6.43. The highest BCUT2D eigenvalue weighted by Gasteiger charge is 2.44. The van der Waals surface area contributed by atoms with Crippen molar-refractivity contribution in [1.82, 2.24) is 4.98 Å². The zero-order valence-electron chi connectivity index (χ0n) is 12.6. The maximum Gasteiger partial charge on any atom is 0.138 e. The molecule has 0 aromatic carbocycles. The third kappa shape index (κ3) is 4.38. The molecule has 1 aliphatic carbocycles. The summed E-state index contributed by atoms with van der Waals surface area (Å²) in [6.07, 6.45) is 7.89. The van der Waals surface area contributed by atoms with Crippen LogP contribution in [0.4, 0.5) is 0 Å². The summed E-state index contributed by atoms with van der Waals surface area (Å²) in [5.74, 6) is 1.77. The molecule has 0 radical (unpaired) electrons. The molecule has 0 spiro atoms. The zero-order valence-corrected chi connectivity index (χ0v) is 12.6. The Kier molecular flexibility index (Phi) is 4.28. The lowest BCUT2D eigenvalue weighted by Crippen LogP contribution is -1.96. The van der Waals surface area contributed by atoms with E-state index in [-0.39, 0.29) is 0 Å². The van der Waals surface area contributed by atoms with E-state index in [0.717, 1.165) is 17.4 Å². The molecule has 0 bridgehead atoms. The number of nitrogens with zero attached hydrogens (tertiary/aromatic N) is 1. The maximum atomic E-state index is 5.66. The second-order valence-corrected chi connectivity index (χ2v) is 6.43. The molecule has 1 atom stereocenters. The Morgan fingerprint density at radius 3 is 2.79 bits per heavy atom. The van der Waals surface area contributed by atoms with Gasteiger partial charge in [0.2, 0.25) is 0 Å². The number of hydrogen-bond acceptors (Lipinski definition) is 2. The van der Waals surface area contributed by atoms with Crippen molar-refractivity contribution in [3.63, 3.8) is 0 Å². The van der Waals surface area contributed by atoms with Crippen LogP contribution in [0.3, 0.4) is 0 Å². The fraction of sp³-hybridized carbons (Fsp3) is 0.588. The lowest BCUT2D eigenvalue weighted by Gasteiger charge is -2.06. The predicted molar refractivity (Wildman–Crippen MR) is 79.3 cm³/mol. The molecule has 2 heteroatoms. The summed E-state index contributed by atoms with van der Waals surface area (Å²) in [6.45, 7) is 9.55. The van der Waals surface area contributed by atoms with Gasteiger partial charge < -0.3 is 4.74 Å². The summed E-state index contributed by atoms with van der Waals surface area (Å²) < 4.78 is 5.66. The van der Waals surface area contributed by atoms with Crippen LogP contribution in [0, 0.1) is 18.3 Å². The fourth-order valence-electron chi connectivity index (χ4n) is 2.39. The van der Waals surface area contributed by atoms with Crippen LogP contribution in [-0.2, 0) is 0 Å². The molecule has 0 saturated heterocycles. The number of aryl methyl sites for hydroxylation is 1. The van der Waals surface area contributed by atoms with E-state index in [1.807, 2.05) is 19.1 Å². The molecule has 1 unspecified atom stereocenters. The Morgan fingerprint density at radius 1 is 1.47 bits per heavy atom. The number of hydrogen-bond donors (Lipinski definition) is 0. The molecule has 0 aliphatic heterocycles. The summed E-state index contributed by atoms with van der Waals surface area (Å²) in [5.41, 5.74) is 3.05. The molecule has 0 amide bonds. The fourth-order valence-corrected chi connectivity index (χ4v) is 2.39. The quantitative estimate of drug-likeness (QED) is 0.700. The van der Waals surface area contributed by atoms with Crippen LogP contribution in [0.25, 0.3) is 0 Å². The largest absolute Gasteiger partial charge is 0.488 e.